The van der Waals surface area contributed by atoms with Gasteiger partial charge < -0.3 is 9.47 Å². The van der Waals surface area contributed by atoms with Gasteiger partial charge in [0, 0.05) is 0 Å². The number of hydrogen-bond donors (Lipinski definition) is 0. The normalized spacial score (nSPS) is 22.2. The fourth-order valence-corrected chi connectivity index (χ4v) is 2.54. The monoisotopic (exact) mass is 296 g/mol. The molecule has 0 saturated carbocycles. The standard InChI is InChI=1S/C18H32O3/c1-4-5-6-7-8-9-10-11-14-20-17-13-12-16(19)18(21-17)15(2)3/h12-13,15,17-18H,4-11,14H2,1-3H3. The van der Waals surface area contributed by atoms with Gasteiger partial charge in [0.25, 0.3) is 0 Å². The lowest BCUT2D eigenvalue weighted by molar-refractivity contribution is -0.170. The average molecular weight is 296 g/mol. The van der Waals surface area contributed by atoms with Crippen LogP contribution < -0.4 is 0 Å². The molecule has 1 aliphatic rings. The molecule has 21 heavy (non-hydrogen) atoms. The largest absolute Gasteiger partial charge is 0.349 e. The second kappa shape index (κ2) is 11.0. The zero-order valence-corrected chi connectivity index (χ0v) is 14.0. The van der Waals surface area contributed by atoms with Crippen LogP contribution in [0.3, 0.4) is 0 Å². The fraction of sp³-hybridized carbons (Fsp3) is 0.833. The minimum Gasteiger partial charge on any atom is -0.349 e. The lowest BCUT2D eigenvalue weighted by Gasteiger charge is -2.27. The van der Waals surface area contributed by atoms with Crippen molar-refractivity contribution in [2.24, 2.45) is 5.92 Å². The molecule has 2 atom stereocenters. The van der Waals surface area contributed by atoms with E-state index in [1.807, 2.05) is 13.8 Å². The number of hydrogen-bond acceptors (Lipinski definition) is 3. The van der Waals surface area contributed by atoms with E-state index >= 15 is 0 Å². The van der Waals surface area contributed by atoms with Crippen LogP contribution >= 0.6 is 0 Å². The summed E-state index contributed by atoms with van der Waals surface area (Å²) in [5.74, 6) is 0.244. The summed E-state index contributed by atoms with van der Waals surface area (Å²) in [5.41, 5.74) is 0. The van der Waals surface area contributed by atoms with E-state index in [0.717, 1.165) is 6.42 Å². The summed E-state index contributed by atoms with van der Waals surface area (Å²) in [4.78, 5) is 11.6. The van der Waals surface area contributed by atoms with E-state index in [1.54, 1.807) is 12.2 Å². The van der Waals surface area contributed by atoms with Gasteiger partial charge in [0.15, 0.2) is 12.1 Å². The third-order valence-electron chi connectivity index (χ3n) is 3.86. The molecular weight excluding hydrogens is 264 g/mol. The summed E-state index contributed by atoms with van der Waals surface area (Å²) in [7, 11) is 0. The van der Waals surface area contributed by atoms with Gasteiger partial charge in [0.05, 0.1) is 6.61 Å². The zero-order valence-electron chi connectivity index (χ0n) is 14.0. The highest BCUT2D eigenvalue weighted by Crippen LogP contribution is 2.18. The minimum absolute atomic E-state index is 0.0527. The molecule has 3 nitrogen and oxygen atoms in total. The van der Waals surface area contributed by atoms with Crippen molar-refractivity contribution in [2.45, 2.75) is 84.5 Å². The maximum Gasteiger partial charge on any atom is 0.184 e. The molecule has 3 heteroatoms. The molecule has 0 saturated heterocycles. The third-order valence-corrected chi connectivity index (χ3v) is 3.86. The molecule has 1 aliphatic heterocycles. The maximum absolute atomic E-state index is 11.6. The van der Waals surface area contributed by atoms with Gasteiger partial charge in [-0.05, 0) is 24.5 Å². The molecule has 0 aromatic carbocycles. The van der Waals surface area contributed by atoms with Crippen molar-refractivity contribution < 1.29 is 14.3 Å². The molecule has 1 rings (SSSR count). The molecule has 1 heterocycles. The Bertz CT molecular complexity index is 310. The molecule has 122 valence electrons. The molecule has 0 aromatic rings. The van der Waals surface area contributed by atoms with Crippen molar-refractivity contribution in [1.29, 1.82) is 0 Å². The number of ketones is 1. The average Bonchev–Trinajstić information content (AvgIpc) is 2.47. The molecule has 0 fully saturated rings. The first kappa shape index (κ1) is 18.4. The summed E-state index contributed by atoms with van der Waals surface area (Å²) in [6.07, 6.45) is 13.0. The van der Waals surface area contributed by atoms with Crippen molar-refractivity contribution >= 4 is 5.78 Å². The van der Waals surface area contributed by atoms with Gasteiger partial charge in [-0.25, -0.2) is 0 Å². The van der Waals surface area contributed by atoms with E-state index in [1.165, 1.54) is 44.9 Å². The van der Waals surface area contributed by atoms with Crippen molar-refractivity contribution in [1.82, 2.24) is 0 Å². The van der Waals surface area contributed by atoms with Crippen LogP contribution in [0.25, 0.3) is 0 Å². The molecule has 0 N–H and O–H groups in total. The lowest BCUT2D eigenvalue weighted by atomic mass is 10.0. The highest BCUT2D eigenvalue weighted by atomic mass is 16.7. The zero-order chi connectivity index (χ0) is 15.5. The number of carbonyl (C=O) groups excluding carboxylic acids is 1. The van der Waals surface area contributed by atoms with Crippen LogP contribution in [-0.4, -0.2) is 24.8 Å². The predicted octanol–water partition coefficient (Wildman–Crippen LogP) is 4.65. The molecule has 0 amide bonds. The Morgan fingerprint density at radius 3 is 2.33 bits per heavy atom. The number of rotatable bonds is 11. The van der Waals surface area contributed by atoms with Gasteiger partial charge in [0.1, 0.15) is 6.10 Å². The van der Waals surface area contributed by atoms with E-state index in [0.29, 0.717) is 6.61 Å². The minimum atomic E-state index is -0.349. The second-order valence-corrected chi connectivity index (χ2v) is 6.28. The van der Waals surface area contributed by atoms with Gasteiger partial charge >= 0.3 is 0 Å². The summed E-state index contributed by atoms with van der Waals surface area (Å²) in [5, 5.41) is 0. The quantitative estimate of drug-likeness (QED) is 0.521. The molecule has 0 spiro atoms. The first-order valence-corrected chi connectivity index (χ1v) is 8.64. The molecule has 0 radical (unpaired) electrons. The van der Waals surface area contributed by atoms with E-state index in [-0.39, 0.29) is 24.1 Å². The Morgan fingerprint density at radius 1 is 1.10 bits per heavy atom. The summed E-state index contributed by atoms with van der Waals surface area (Å²) in [6, 6.07) is 0. The van der Waals surface area contributed by atoms with Crippen molar-refractivity contribution in [3.63, 3.8) is 0 Å². The SMILES string of the molecule is CCCCCCCCCCOC1C=CC(=O)C(C(C)C)O1. The van der Waals surface area contributed by atoms with Crippen LogP contribution in [0.15, 0.2) is 12.2 Å². The Morgan fingerprint density at radius 2 is 1.71 bits per heavy atom. The summed E-state index contributed by atoms with van der Waals surface area (Å²) < 4.78 is 11.4. The Hall–Kier alpha value is -0.670. The first-order valence-electron chi connectivity index (χ1n) is 8.64. The second-order valence-electron chi connectivity index (χ2n) is 6.28. The summed E-state index contributed by atoms with van der Waals surface area (Å²) >= 11 is 0. The van der Waals surface area contributed by atoms with E-state index < -0.39 is 0 Å². The van der Waals surface area contributed by atoms with Gasteiger partial charge in [-0.1, -0.05) is 65.7 Å². The molecule has 2 unspecified atom stereocenters. The van der Waals surface area contributed by atoms with Crippen molar-refractivity contribution in [3.8, 4) is 0 Å². The third kappa shape index (κ3) is 7.77. The highest BCUT2D eigenvalue weighted by molar-refractivity contribution is 5.94. The highest BCUT2D eigenvalue weighted by Gasteiger charge is 2.27. The predicted molar refractivity (Wildman–Crippen MR) is 86.2 cm³/mol. The first-order chi connectivity index (χ1) is 10.1. The molecule has 0 bridgehead atoms. The van der Waals surface area contributed by atoms with Gasteiger partial charge in [-0.2, -0.15) is 0 Å². The van der Waals surface area contributed by atoms with Crippen molar-refractivity contribution in [2.75, 3.05) is 6.61 Å². The van der Waals surface area contributed by atoms with Crippen LogP contribution in [0.4, 0.5) is 0 Å². The Kier molecular flexibility index (Phi) is 9.60. The van der Waals surface area contributed by atoms with E-state index in [2.05, 4.69) is 6.92 Å². The maximum atomic E-state index is 11.6. The smallest absolute Gasteiger partial charge is 0.184 e. The fourth-order valence-electron chi connectivity index (χ4n) is 2.54. The number of ether oxygens (including phenoxy) is 2. The molecule has 0 aliphatic carbocycles. The van der Waals surface area contributed by atoms with Crippen LogP contribution in [0.2, 0.25) is 0 Å². The Labute approximate surface area is 130 Å². The van der Waals surface area contributed by atoms with Gasteiger partial charge in [0.2, 0.25) is 0 Å². The molecule has 0 aromatic heterocycles. The van der Waals surface area contributed by atoms with E-state index in [9.17, 15) is 4.79 Å². The van der Waals surface area contributed by atoms with Gasteiger partial charge in [-0.15, -0.1) is 0 Å². The van der Waals surface area contributed by atoms with Crippen LogP contribution in [0.5, 0.6) is 0 Å². The van der Waals surface area contributed by atoms with Crippen LogP contribution in [0, 0.1) is 5.92 Å². The summed E-state index contributed by atoms with van der Waals surface area (Å²) in [6.45, 7) is 6.95. The topological polar surface area (TPSA) is 35.5 Å². The number of unbranched alkanes of at least 4 members (excludes halogenated alkanes) is 7. The Balaban J connectivity index is 2.03. The van der Waals surface area contributed by atoms with Crippen LogP contribution in [0.1, 0.15) is 72.1 Å². The van der Waals surface area contributed by atoms with Crippen molar-refractivity contribution in [3.05, 3.63) is 12.2 Å². The van der Waals surface area contributed by atoms with Crippen LogP contribution in [-0.2, 0) is 14.3 Å². The number of carbonyl (C=O) groups is 1. The lowest BCUT2D eigenvalue weighted by Crippen LogP contribution is -2.36. The molecular formula is C18H32O3. The van der Waals surface area contributed by atoms with Gasteiger partial charge in [-0.3, -0.25) is 4.79 Å². The van der Waals surface area contributed by atoms with E-state index in [4.69, 9.17) is 9.47 Å².